The Morgan fingerprint density at radius 3 is 2.30 bits per heavy atom. The molecule has 1 aromatic heterocycles. The molecule has 0 saturated carbocycles. The highest BCUT2D eigenvalue weighted by Crippen LogP contribution is 2.35. The van der Waals surface area contributed by atoms with Gasteiger partial charge in [-0.2, -0.15) is 4.98 Å². The molecule has 1 heterocycles. The number of aromatic nitrogens is 2. The van der Waals surface area contributed by atoms with Crippen molar-refractivity contribution in [2.75, 3.05) is 7.11 Å². The van der Waals surface area contributed by atoms with Gasteiger partial charge in [0.05, 0.1) is 7.11 Å². The van der Waals surface area contributed by atoms with Crippen molar-refractivity contribution in [1.29, 1.82) is 0 Å². The summed E-state index contributed by atoms with van der Waals surface area (Å²) in [5, 5.41) is 0.687. The van der Waals surface area contributed by atoms with Gasteiger partial charge in [-0.3, -0.25) is 0 Å². The van der Waals surface area contributed by atoms with Crippen LogP contribution in [0.25, 0.3) is 11.3 Å². The number of halogens is 2. The Kier molecular flexibility index (Phi) is 5.53. The molecular weight excluding hydrogens is 335 g/mol. The van der Waals surface area contributed by atoms with E-state index in [1.54, 1.807) is 7.11 Å². The lowest BCUT2D eigenvalue weighted by atomic mass is 10.2. The number of H-pyrrole nitrogens is 1. The van der Waals surface area contributed by atoms with Crippen molar-refractivity contribution < 1.29 is 9.47 Å². The van der Waals surface area contributed by atoms with E-state index in [1.165, 1.54) is 0 Å². The van der Waals surface area contributed by atoms with Crippen molar-refractivity contribution in [1.82, 2.24) is 9.97 Å². The van der Waals surface area contributed by atoms with Crippen LogP contribution in [-0.2, 0) is 0 Å². The largest absolute Gasteiger partial charge is 0.493 e. The molecule has 1 N–H and O–H groups in total. The Labute approximate surface area is 145 Å². The molecule has 23 heavy (non-hydrogen) atoms. The highest BCUT2D eigenvalue weighted by Gasteiger charge is 2.14. The van der Waals surface area contributed by atoms with Crippen LogP contribution in [0.2, 0.25) is 5.02 Å². The normalized spacial score (nSPS) is 10.0. The minimum Gasteiger partial charge on any atom is -0.493 e. The zero-order valence-corrected chi connectivity index (χ0v) is 14.2. The summed E-state index contributed by atoms with van der Waals surface area (Å²) in [6, 6.07) is 15.0. The lowest BCUT2D eigenvalue weighted by Gasteiger charge is -2.09. The van der Waals surface area contributed by atoms with Gasteiger partial charge in [-0.15, -0.1) is 12.4 Å². The molecule has 0 aliphatic carbocycles. The van der Waals surface area contributed by atoms with Gasteiger partial charge in [-0.1, -0.05) is 35.9 Å². The first-order valence-corrected chi connectivity index (χ1v) is 7.18. The minimum atomic E-state index is 0. The molecule has 0 atom stereocenters. The average Bonchev–Trinajstić information content (AvgIpc) is 2.89. The smallest absolute Gasteiger partial charge is 0.245 e. The first-order valence-electron chi connectivity index (χ1n) is 6.81. The fourth-order valence-electron chi connectivity index (χ4n) is 2.16. The molecule has 0 aliphatic rings. The Hall–Kier alpha value is -2.17. The maximum absolute atomic E-state index is 5.94. The maximum Gasteiger partial charge on any atom is 0.245 e. The lowest BCUT2D eigenvalue weighted by molar-refractivity contribution is 0.375. The quantitative estimate of drug-likeness (QED) is 0.697. The van der Waals surface area contributed by atoms with E-state index in [2.05, 4.69) is 9.97 Å². The molecule has 0 fully saturated rings. The van der Waals surface area contributed by atoms with Crippen LogP contribution in [0.15, 0.2) is 48.5 Å². The van der Waals surface area contributed by atoms with Crippen LogP contribution >= 0.6 is 24.0 Å². The molecule has 4 nitrogen and oxygen atoms in total. The zero-order valence-electron chi connectivity index (χ0n) is 12.7. The van der Waals surface area contributed by atoms with Crippen molar-refractivity contribution in [3.05, 3.63) is 59.4 Å². The van der Waals surface area contributed by atoms with Gasteiger partial charge < -0.3 is 14.5 Å². The van der Waals surface area contributed by atoms with E-state index in [0.29, 0.717) is 22.4 Å². The Bertz CT molecular complexity index is 786. The first kappa shape index (κ1) is 17.2. The number of rotatable bonds is 4. The highest BCUT2D eigenvalue weighted by molar-refractivity contribution is 6.30. The van der Waals surface area contributed by atoms with Gasteiger partial charge in [0, 0.05) is 10.6 Å². The van der Waals surface area contributed by atoms with E-state index in [4.69, 9.17) is 21.1 Å². The Morgan fingerprint density at radius 2 is 1.65 bits per heavy atom. The standard InChI is InChI=1S/C17H15ClN2O2.ClH/c1-11-19-16(12-7-9-13(18)10-8-12)17(20-11)22-15-6-4-3-5-14(15)21-2;/h3-10H,1-2H3,(H,19,20);1H. The van der Waals surface area contributed by atoms with Crippen molar-refractivity contribution in [2.24, 2.45) is 0 Å². The predicted octanol–water partition coefficient (Wildman–Crippen LogP) is 5.26. The monoisotopic (exact) mass is 350 g/mol. The molecule has 0 radical (unpaired) electrons. The zero-order chi connectivity index (χ0) is 15.5. The number of hydrogen-bond acceptors (Lipinski definition) is 3. The van der Waals surface area contributed by atoms with Crippen molar-refractivity contribution in [2.45, 2.75) is 6.92 Å². The summed E-state index contributed by atoms with van der Waals surface area (Å²) in [5.41, 5.74) is 1.76. The third-order valence-electron chi connectivity index (χ3n) is 3.20. The molecule has 0 unspecified atom stereocenters. The number of methoxy groups -OCH3 is 1. The van der Waals surface area contributed by atoms with Gasteiger partial charge >= 0.3 is 0 Å². The van der Waals surface area contributed by atoms with E-state index in [9.17, 15) is 0 Å². The summed E-state index contributed by atoms with van der Waals surface area (Å²) in [4.78, 5) is 7.63. The molecule has 0 amide bonds. The van der Waals surface area contributed by atoms with Gasteiger partial charge in [0.2, 0.25) is 5.88 Å². The van der Waals surface area contributed by atoms with Gasteiger partial charge in [0.1, 0.15) is 11.5 Å². The topological polar surface area (TPSA) is 47.1 Å². The van der Waals surface area contributed by atoms with Gasteiger partial charge in [0.25, 0.3) is 0 Å². The molecule has 0 bridgehead atoms. The SMILES string of the molecule is COc1ccccc1Oc1nc(C)[nH]c1-c1ccc(Cl)cc1.Cl. The number of nitrogens with one attached hydrogen (secondary N) is 1. The van der Waals surface area contributed by atoms with Gasteiger partial charge in [0.15, 0.2) is 11.5 Å². The number of hydrogen-bond donors (Lipinski definition) is 1. The molecule has 2 aromatic carbocycles. The van der Waals surface area contributed by atoms with E-state index < -0.39 is 0 Å². The number of aromatic amines is 1. The molecule has 0 aliphatic heterocycles. The second kappa shape index (κ2) is 7.40. The second-order valence-electron chi connectivity index (χ2n) is 4.76. The fourth-order valence-corrected chi connectivity index (χ4v) is 2.29. The van der Waals surface area contributed by atoms with E-state index in [0.717, 1.165) is 17.1 Å². The fraction of sp³-hybridized carbons (Fsp3) is 0.118. The third-order valence-corrected chi connectivity index (χ3v) is 3.45. The number of benzene rings is 2. The minimum absolute atomic E-state index is 0. The molecular formula is C17H16Cl2N2O2. The van der Waals surface area contributed by atoms with E-state index in [1.807, 2.05) is 55.5 Å². The Balaban J connectivity index is 0.00000192. The van der Waals surface area contributed by atoms with Crippen LogP contribution in [0.3, 0.4) is 0 Å². The van der Waals surface area contributed by atoms with Crippen LogP contribution in [-0.4, -0.2) is 17.1 Å². The molecule has 6 heteroatoms. The molecule has 3 aromatic rings. The molecule has 0 saturated heterocycles. The number of imidazole rings is 1. The number of para-hydroxylation sites is 2. The summed E-state index contributed by atoms with van der Waals surface area (Å²) in [6.07, 6.45) is 0. The summed E-state index contributed by atoms with van der Waals surface area (Å²) in [5.74, 6) is 2.55. The Morgan fingerprint density at radius 1 is 1.00 bits per heavy atom. The number of ether oxygens (including phenoxy) is 2. The maximum atomic E-state index is 5.94. The van der Waals surface area contributed by atoms with Gasteiger partial charge in [-0.05, 0) is 31.2 Å². The molecule has 120 valence electrons. The van der Waals surface area contributed by atoms with Gasteiger partial charge in [-0.25, -0.2) is 0 Å². The highest BCUT2D eigenvalue weighted by atomic mass is 35.5. The van der Waals surface area contributed by atoms with Crippen LogP contribution in [0.4, 0.5) is 0 Å². The first-order chi connectivity index (χ1) is 10.7. The summed E-state index contributed by atoms with van der Waals surface area (Å²) in [6.45, 7) is 1.88. The summed E-state index contributed by atoms with van der Waals surface area (Å²) in [7, 11) is 1.61. The van der Waals surface area contributed by atoms with Crippen LogP contribution in [0.1, 0.15) is 5.82 Å². The second-order valence-corrected chi connectivity index (χ2v) is 5.20. The summed E-state index contributed by atoms with van der Waals surface area (Å²) < 4.78 is 11.2. The van der Waals surface area contributed by atoms with Crippen LogP contribution in [0, 0.1) is 6.92 Å². The van der Waals surface area contributed by atoms with Crippen molar-refractivity contribution >= 4 is 24.0 Å². The predicted molar refractivity (Wildman–Crippen MR) is 94.1 cm³/mol. The van der Waals surface area contributed by atoms with Crippen molar-refractivity contribution in [3.63, 3.8) is 0 Å². The third kappa shape index (κ3) is 3.78. The van der Waals surface area contributed by atoms with Crippen LogP contribution < -0.4 is 9.47 Å². The lowest BCUT2D eigenvalue weighted by Crippen LogP contribution is -1.91. The number of nitrogens with zero attached hydrogens (tertiary/aromatic N) is 1. The van der Waals surface area contributed by atoms with E-state index >= 15 is 0 Å². The van der Waals surface area contributed by atoms with Crippen molar-refractivity contribution in [3.8, 4) is 28.6 Å². The van der Waals surface area contributed by atoms with Crippen LogP contribution in [0.5, 0.6) is 17.4 Å². The molecule has 3 rings (SSSR count). The number of aryl methyl sites for hydroxylation is 1. The molecule has 0 spiro atoms. The van der Waals surface area contributed by atoms with E-state index in [-0.39, 0.29) is 12.4 Å². The average molecular weight is 351 g/mol. The summed E-state index contributed by atoms with van der Waals surface area (Å²) >= 11 is 5.94.